The predicted octanol–water partition coefficient (Wildman–Crippen LogP) is 12.5. The maximum absolute atomic E-state index is 11.8. The topological polar surface area (TPSA) is 319 Å². The van der Waals surface area contributed by atoms with Gasteiger partial charge in [0.05, 0.1) is 117 Å². The monoisotopic (exact) mass is 1570 g/mol. The van der Waals surface area contributed by atoms with Gasteiger partial charge in [-0.15, -0.1) is 0 Å². The molecule has 111 heavy (non-hydrogen) atoms. The summed E-state index contributed by atoms with van der Waals surface area (Å²) in [5, 5.41) is 11.2. The molecule has 3 fully saturated rings. The highest BCUT2D eigenvalue weighted by Crippen LogP contribution is 2.42. The van der Waals surface area contributed by atoms with Crippen LogP contribution in [0.1, 0.15) is 24.4 Å². The van der Waals surface area contributed by atoms with Crippen molar-refractivity contribution >= 4 is 109 Å². The molecule has 1 amide bonds. The number of morpholine rings is 1. The number of halogens is 3. The molecule has 0 spiro atoms. The number of likely N-dealkylation sites (N-methyl/N-ethyl adjacent to an activating group) is 1. The number of ether oxygens (including phenoxy) is 9. The summed E-state index contributed by atoms with van der Waals surface area (Å²) in [6.07, 6.45) is 0. The molecule has 9 heterocycles. The third-order valence-electron chi connectivity index (χ3n) is 18.2. The molecule has 6 aromatic heterocycles. The second-order valence-corrected chi connectivity index (χ2v) is 27.2. The highest BCUT2D eigenvalue weighted by atomic mass is 35.5. The number of carbonyl (C=O) groups excluding carboxylic acids is 1. The van der Waals surface area contributed by atoms with Gasteiger partial charge in [0.25, 0.3) is 0 Å². The minimum absolute atomic E-state index is 0.0546. The number of aromatic amines is 3. The predicted molar refractivity (Wildman–Crippen MR) is 428 cm³/mol. The van der Waals surface area contributed by atoms with Crippen LogP contribution in [-0.2, 0) is 29.2 Å². The van der Waals surface area contributed by atoms with Crippen LogP contribution in [0.25, 0.3) is 33.1 Å². The first-order chi connectivity index (χ1) is 54.0. The van der Waals surface area contributed by atoms with E-state index in [1.165, 1.54) is 7.11 Å². The van der Waals surface area contributed by atoms with Gasteiger partial charge in [0.2, 0.25) is 41.4 Å². The largest absolute Gasteiger partial charge is 0.497 e. The molecule has 12 aromatic rings. The Labute approximate surface area is 655 Å². The summed E-state index contributed by atoms with van der Waals surface area (Å²) in [5.74, 6) is 10.8. The molecule has 0 bridgehead atoms. The van der Waals surface area contributed by atoms with E-state index in [1.807, 2.05) is 77.7 Å². The van der Waals surface area contributed by atoms with Gasteiger partial charge in [-0.05, 0) is 62.6 Å². The highest BCUT2D eigenvalue weighted by Gasteiger charge is 2.26. The lowest BCUT2D eigenvalue weighted by Gasteiger charge is -2.35. The van der Waals surface area contributed by atoms with E-state index in [0.29, 0.717) is 186 Å². The van der Waals surface area contributed by atoms with Crippen molar-refractivity contribution in [3.05, 3.63) is 166 Å². The Morgan fingerprint density at radius 2 is 0.811 bits per heavy atom. The first-order valence-electron chi connectivity index (χ1n) is 35.9. The Hall–Kier alpha value is -11.6. The number of hydrogen-bond acceptors (Lipinski definition) is 27. The fourth-order valence-corrected chi connectivity index (χ4v) is 12.8. The fraction of sp³-hybridized carbons (Fsp3) is 0.325. The van der Waals surface area contributed by atoms with Crippen molar-refractivity contribution in [3.8, 4) is 63.6 Å². The van der Waals surface area contributed by atoms with E-state index in [0.717, 1.165) is 89.8 Å². The van der Waals surface area contributed by atoms with E-state index in [4.69, 9.17) is 97.4 Å². The van der Waals surface area contributed by atoms with Gasteiger partial charge in [0.1, 0.15) is 46.4 Å². The molecule has 580 valence electrons. The molecule has 3 saturated heterocycles. The van der Waals surface area contributed by atoms with Gasteiger partial charge >= 0.3 is 0 Å². The SMILES string of the molecule is COc1cc(Cl)c(Oc2cc(NCc3nc4ccccc4[nH]3)nc(N3CCN(C(C)=O)CC3)n2)cc1OC.COc1cc(Cl)c(Oc2cc(NCc3nc4ccccc4[nH]3)nc(N3CCOCC3)n2)cc1OC.COc1ccc(Oc2cc(NCc3nc4ccccc4[nH]3)nc(N3CCN(CCN(C)C)CC3)n2)c(Cl)c1. The molecular formula is C77H86Cl3N21O10. The molecule has 34 heteroatoms. The number of hydrogen-bond donors (Lipinski definition) is 6. The second kappa shape index (κ2) is 36.7. The zero-order valence-electron chi connectivity index (χ0n) is 62.6. The smallest absolute Gasteiger partial charge is 0.230 e. The van der Waals surface area contributed by atoms with Crippen LogP contribution in [0.15, 0.2) is 133 Å². The van der Waals surface area contributed by atoms with E-state index in [-0.39, 0.29) is 5.91 Å². The highest BCUT2D eigenvalue weighted by molar-refractivity contribution is 6.33. The lowest BCUT2D eigenvalue weighted by molar-refractivity contribution is -0.129. The number of nitrogens with one attached hydrogen (secondary N) is 6. The maximum atomic E-state index is 11.8. The van der Waals surface area contributed by atoms with E-state index in [2.05, 4.69) is 89.5 Å². The molecule has 0 aliphatic carbocycles. The van der Waals surface area contributed by atoms with E-state index < -0.39 is 0 Å². The zero-order chi connectivity index (χ0) is 77.3. The lowest BCUT2D eigenvalue weighted by Crippen LogP contribution is -2.48. The first-order valence-corrected chi connectivity index (χ1v) is 37.0. The summed E-state index contributed by atoms with van der Waals surface area (Å²) in [4.78, 5) is 76.6. The number of piperazine rings is 2. The van der Waals surface area contributed by atoms with E-state index in [9.17, 15) is 4.79 Å². The molecule has 0 saturated carbocycles. The summed E-state index contributed by atoms with van der Waals surface area (Å²) in [6, 6.07) is 40.8. The Morgan fingerprint density at radius 3 is 1.19 bits per heavy atom. The number of nitrogens with zero attached hydrogens (tertiary/aromatic N) is 15. The molecule has 0 radical (unpaired) electrons. The summed E-state index contributed by atoms with van der Waals surface area (Å²) in [5.41, 5.74) is 5.67. The summed E-state index contributed by atoms with van der Waals surface area (Å²) >= 11 is 19.3. The number of methoxy groups -OCH3 is 5. The number of carbonyl (C=O) groups is 1. The van der Waals surface area contributed by atoms with Crippen molar-refractivity contribution in [2.45, 2.75) is 26.6 Å². The maximum Gasteiger partial charge on any atom is 0.230 e. The van der Waals surface area contributed by atoms with Crippen LogP contribution in [0.4, 0.5) is 35.3 Å². The number of benzene rings is 6. The Bertz CT molecular complexity index is 5050. The van der Waals surface area contributed by atoms with Crippen molar-refractivity contribution in [1.29, 1.82) is 0 Å². The number of fused-ring (bicyclic) bond motifs is 3. The van der Waals surface area contributed by atoms with Crippen LogP contribution in [-0.4, -0.2) is 222 Å². The Morgan fingerprint density at radius 1 is 0.432 bits per heavy atom. The number of rotatable bonds is 26. The Balaban J connectivity index is 0.000000146. The molecule has 6 N–H and O–H groups in total. The second-order valence-electron chi connectivity index (χ2n) is 25.9. The van der Waals surface area contributed by atoms with Crippen LogP contribution in [0, 0.1) is 0 Å². The van der Waals surface area contributed by atoms with Crippen LogP contribution < -0.4 is 68.5 Å². The molecular weight excluding hydrogens is 1490 g/mol. The average molecular weight is 1570 g/mol. The minimum Gasteiger partial charge on any atom is -0.497 e. The molecule has 15 rings (SSSR count). The minimum atomic E-state index is 0.0546. The Kier molecular flexibility index (Phi) is 25.7. The van der Waals surface area contributed by atoms with Gasteiger partial charge in [-0.1, -0.05) is 71.2 Å². The normalized spacial score (nSPS) is 13.8. The average Bonchev–Trinajstić information content (AvgIpc) is 1.63. The van der Waals surface area contributed by atoms with Crippen molar-refractivity contribution in [2.24, 2.45) is 0 Å². The van der Waals surface area contributed by atoms with Crippen molar-refractivity contribution < 1.29 is 47.4 Å². The van der Waals surface area contributed by atoms with Crippen LogP contribution in [0.3, 0.4) is 0 Å². The number of anilines is 6. The van der Waals surface area contributed by atoms with E-state index in [1.54, 1.807) is 101 Å². The number of amides is 1. The standard InChI is InChI=1S/C27H33ClN8O2.C26H28ClN7O4.C24H25ClN6O4/c1-34(2)10-11-35-12-14-36(15-13-35)27-32-24(29-18-25-30-21-6-4-5-7-22(21)31-25)17-26(33-27)38-23-9-8-19(37-3)16-20(23)28;1-16(35)33-8-10-34(11-9-33)26-31-23(28-15-24-29-18-6-4-5-7-19(18)30-24)14-25(32-26)38-20-13-22(37-3)21(36-2)12-17(20)27;1-32-19-11-15(25)18(12-20(19)33-2)35-23-13-21(29-24(30-23)31-7-9-34-10-8-31)26-14-22-27-16-5-3-4-6-17(16)28-22/h4-9,16-17H,10-15,18H2,1-3H3,(H,30,31)(H,29,32,33);4-7,12-14H,8-11,15H2,1-3H3,(H,29,30)(H,28,31,32);3-6,11-13H,7-10,14H2,1-2H3,(H,27,28)(H,26,29,30). The number of aromatic nitrogens is 12. The third kappa shape index (κ3) is 20.3. The number of imidazole rings is 3. The van der Waals surface area contributed by atoms with Gasteiger partial charge in [-0.2, -0.15) is 29.9 Å². The summed E-state index contributed by atoms with van der Waals surface area (Å²) < 4.78 is 50.4. The molecule has 3 aliphatic rings. The van der Waals surface area contributed by atoms with Gasteiger partial charge in [-0.25, -0.2) is 15.0 Å². The van der Waals surface area contributed by atoms with Crippen LogP contribution in [0.2, 0.25) is 15.1 Å². The zero-order valence-corrected chi connectivity index (χ0v) is 64.9. The molecule has 3 aliphatic heterocycles. The lowest BCUT2D eigenvalue weighted by atomic mass is 10.3. The van der Waals surface area contributed by atoms with Crippen molar-refractivity contribution in [1.82, 2.24) is 74.5 Å². The molecule has 0 unspecified atom stereocenters. The van der Waals surface area contributed by atoms with Crippen molar-refractivity contribution in [2.75, 3.05) is 172 Å². The number of H-pyrrole nitrogens is 3. The molecule has 0 atom stereocenters. The molecule has 31 nitrogen and oxygen atoms in total. The molecule has 6 aromatic carbocycles. The fourth-order valence-electron chi connectivity index (χ4n) is 12.2. The summed E-state index contributed by atoms with van der Waals surface area (Å²) in [7, 11) is 12.0. The number of para-hydroxylation sites is 6. The van der Waals surface area contributed by atoms with Gasteiger partial charge in [-0.3, -0.25) is 9.69 Å². The van der Waals surface area contributed by atoms with Gasteiger partial charge < -0.3 is 98.0 Å². The third-order valence-corrected chi connectivity index (χ3v) is 19.1. The van der Waals surface area contributed by atoms with E-state index >= 15 is 0 Å². The van der Waals surface area contributed by atoms with Crippen LogP contribution >= 0.6 is 34.8 Å². The van der Waals surface area contributed by atoms with Crippen LogP contribution in [0.5, 0.6) is 63.6 Å². The van der Waals surface area contributed by atoms with Gasteiger partial charge in [0.15, 0.2) is 34.5 Å². The van der Waals surface area contributed by atoms with Gasteiger partial charge in [0, 0.05) is 134 Å². The first kappa shape index (κ1) is 77.5. The van der Waals surface area contributed by atoms with Crippen molar-refractivity contribution in [3.63, 3.8) is 0 Å². The quantitative estimate of drug-likeness (QED) is 0.0293. The summed E-state index contributed by atoms with van der Waals surface area (Å²) in [6.45, 7) is 13.6.